The quantitative estimate of drug-likeness (QED) is 0.357. The zero-order chi connectivity index (χ0) is 24.1. The molecule has 0 aliphatic carbocycles. The zero-order valence-electron chi connectivity index (χ0n) is 18.3. The second kappa shape index (κ2) is 10.2. The Hall–Kier alpha value is -4.09. The fourth-order valence-corrected chi connectivity index (χ4v) is 4.38. The van der Waals surface area contributed by atoms with Gasteiger partial charge >= 0.3 is 5.97 Å². The van der Waals surface area contributed by atoms with E-state index in [0.717, 1.165) is 33.0 Å². The summed E-state index contributed by atoms with van der Waals surface area (Å²) in [7, 11) is 0. The van der Waals surface area contributed by atoms with E-state index in [2.05, 4.69) is 6.07 Å². The number of hydrogen-bond acceptors (Lipinski definition) is 7. The summed E-state index contributed by atoms with van der Waals surface area (Å²) in [6.45, 7) is 1.55. The molecule has 0 bridgehead atoms. The third kappa shape index (κ3) is 4.80. The highest BCUT2D eigenvalue weighted by Gasteiger charge is 2.37. The molecule has 7 nitrogen and oxygen atoms in total. The normalized spacial score (nSPS) is 14.5. The SMILES string of the molecule is CCOC(=O)CN1C(=O)S/C(=C/c2c(OCc3ccccc3C#N)ccc3ccccc23)C1=O. The van der Waals surface area contributed by atoms with Crippen LogP contribution in [0.5, 0.6) is 5.75 Å². The summed E-state index contributed by atoms with van der Waals surface area (Å²) >= 11 is 0.767. The van der Waals surface area contributed by atoms with Crippen LogP contribution in [-0.4, -0.2) is 35.2 Å². The van der Waals surface area contributed by atoms with E-state index in [4.69, 9.17) is 9.47 Å². The molecule has 1 fully saturated rings. The first-order valence-corrected chi connectivity index (χ1v) is 11.4. The van der Waals surface area contributed by atoms with Crippen LogP contribution in [0.3, 0.4) is 0 Å². The van der Waals surface area contributed by atoms with Crippen molar-refractivity contribution in [1.82, 2.24) is 4.90 Å². The maximum Gasteiger partial charge on any atom is 0.326 e. The number of fused-ring (bicyclic) bond motifs is 1. The Balaban J connectivity index is 1.69. The highest BCUT2D eigenvalue weighted by molar-refractivity contribution is 8.18. The average Bonchev–Trinajstić information content (AvgIpc) is 3.11. The molecule has 34 heavy (non-hydrogen) atoms. The Labute approximate surface area is 200 Å². The van der Waals surface area contributed by atoms with Gasteiger partial charge in [-0.3, -0.25) is 19.3 Å². The molecule has 0 radical (unpaired) electrons. The molecule has 0 aromatic heterocycles. The zero-order valence-corrected chi connectivity index (χ0v) is 19.1. The molecule has 8 heteroatoms. The molecule has 1 saturated heterocycles. The second-order valence-corrected chi connectivity index (χ2v) is 8.32. The largest absolute Gasteiger partial charge is 0.488 e. The third-order valence-corrected chi connectivity index (χ3v) is 6.10. The Morgan fingerprint density at radius 1 is 1.09 bits per heavy atom. The van der Waals surface area contributed by atoms with Gasteiger partial charge in [0.15, 0.2) is 0 Å². The molecule has 170 valence electrons. The van der Waals surface area contributed by atoms with Crippen LogP contribution in [0.1, 0.15) is 23.6 Å². The number of rotatable bonds is 7. The summed E-state index contributed by atoms with van der Waals surface area (Å²) in [5.74, 6) is -0.697. The van der Waals surface area contributed by atoms with Crippen LogP contribution in [-0.2, 0) is 20.9 Å². The maximum absolute atomic E-state index is 12.9. The Morgan fingerprint density at radius 3 is 2.65 bits per heavy atom. The topological polar surface area (TPSA) is 96.7 Å². The number of esters is 1. The lowest BCUT2D eigenvalue weighted by Crippen LogP contribution is -2.34. The minimum Gasteiger partial charge on any atom is -0.488 e. The van der Waals surface area contributed by atoms with E-state index in [1.54, 1.807) is 31.2 Å². The summed E-state index contributed by atoms with van der Waals surface area (Å²) in [5.41, 5.74) is 1.89. The molecular formula is C26H20N2O5S. The molecule has 1 heterocycles. The Morgan fingerprint density at radius 2 is 1.85 bits per heavy atom. The van der Waals surface area contributed by atoms with Crippen LogP contribution in [0, 0.1) is 11.3 Å². The molecular weight excluding hydrogens is 452 g/mol. The smallest absolute Gasteiger partial charge is 0.326 e. The predicted molar refractivity (Wildman–Crippen MR) is 129 cm³/mol. The summed E-state index contributed by atoms with van der Waals surface area (Å²) in [6.07, 6.45) is 1.61. The summed E-state index contributed by atoms with van der Waals surface area (Å²) < 4.78 is 10.9. The van der Waals surface area contributed by atoms with Crippen molar-refractivity contribution in [3.8, 4) is 11.8 Å². The number of nitrogens with zero attached hydrogens (tertiary/aromatic N) is 2. The van der Waals surface area contributed by atoms with Gasteiger partial charge in [-0.05, 0) is 47.7 Å². The van der Waals surface area contributed by atoms with Crippen LogP contribution in [0.2, 0.25) is 0 Å². The molecule has 3 aromatic rings. The van der Waals surface area contributed by atoms with Gasteiger partial charge < -0.3 is 9.47 Å². The fourth-order valence-electron chi connectivity index (χ4n) is 3.56. The van der Waals surface area contributed by atoms with Crippen molar-refractivity contribution in [3.05, 3.63) is 82.3 Å². The number of amides is 2. The molecule has 4 rings (SSSR count). The van der Waals surface area contributed by atoms with Crippen molar-refractivity contribution >= 4 is 45.7 Å². The number of carbonyl (C=O) groups excluding carboxylic acids is 3. The number of imide groups is 1. The van der Waals surface area contributed by atoms with Crippen molar-refractivity contribution in [3.63, 3.8) is 0 Å². The van der Waals surface area contributed by atoms with Crippen molar-refractivity contribution in [2.45, 2.75) is 13.5 Å². The number of benzene rings is 3. The van der Waals surface area contributed by atoms with Crippen LogP contribution in [0.25, 0.3) is 16.8 Å². The van der Waals surface area contributed by atoms with Crippen LogP contribution in [0.15, 0.2) is 65.6 Å². The molecule has 2 amide bonds. The van der Waals surface area contributed by atoms with E-state index in [1.165, 1.54) is 0 Å². The van der Waals surface area contributed by atoms with Crippen LogP contribution in [0.4, 0.5) is 4.79 Å². The first kappa shape index (κ1) is 23.1. The minimum absolute atomic E-state index is 0.160. The van der Waals surface area contributed by atoms with Crippen molar-refractivity contribution in [2.75, 3.05) is 13.2 Å². The molecule has 0 saturated carbocycles. The van der Waals surface area contributed by atoms with Crippen molar-refractivity contribution in [1.29, 1.82) is 5.26 Å². The van der Waals surface area contributed by atoms with Gasteiger partial charge in [0, 0.05) is 11.1 Å². The summed E-state index contributed by atoms with van der Waals surface area (Å²) in [5, 5.41) is 10.6. The predicted octanol–water partition coefficient (Wildman–Crippen LogP) is 4.89. The lowest BCUT2D eigenvalue weighted by Gasteiger charge is -2.13. The van der Waals surface area contributed by atoms with E-state index in [0.29, 0.717) is 16.9 Å². The molecule has 0 spiro atoms. The summed E-state index contributed by atoms with van der Waals surface area (Å²) in [6, 6.07) is 20.6. The lowest BCUT2D eigenvalue weighted by atomic mass is 10.0. The second-order valence-electron chi connectivity index (χ2n) is 7.33. The molecule has 1 aliphatic heterocycles. The monoisotopic (exact) mass is 472 g/mol. The van der Waals surface area contributed by atoms with E-state index < -0.39 is 23.7 Å². The van der Waals surface area contributed by atoms with E-state index >= 15 is 0 Å². The average molecular weight is 473 g/mol. The number of carbonyl (C=O) groups is 3. The first-order valence-electron chi connectivity index (χ1n) is 10.6. The van der Waals surface area contributed by atoms with Crippen molar-refractivity contribution < 1.29 is 23.9 Å². The Bertz CT molecular complexity index is 1360. The van der Waals surface area contributed by atoms with Crippen molar-refractivity contribution in [2.24, 2.45) is 0 Å². The van der Waals surface area contributed by atoms with Crippen LogP contribution >= 0.6 is 11.8 Å². The highest BCUT2D eigenvalue weighted by Crippen LogP contribution is 2.37. The van der Waals surface area contributed by atoms with Gasteiger partial charge in [-0.1, -0.05) is 48.5 Å². The molecule has 0 unspecified atom stereocenters. The maximum atomic E-state index is 12.9. The minimum atomic E-state index is -0.642. The summed E-state index contributed by atoms with van der Waals surface area (Å²) in [4.78, 5) is 38.2. The van der Waals surface area contributed by atoms with E-state index in [1.807, 2.05) is 42.5 Å². The van der Waals surface area contributed by atoms with Gasteiger partial charge in [0.05, 0.1) is 23.1 Å². The van der Waals surface area contributed by atoms with Gasteiger partial charge in [-0.25, -0.2) is 0 Å². The molecule has 0 atom stereocenters. The third-order valence-electron chi connectivity index (χ3n) is 5.19. The standard InChI is InChI=1S/C26H20N2O5S/c1-2-32-24(29)15-28-25(30)23(34-26(28)31)13-21-20-10-6-5-7-17(20)11-12-22(21)33-16-19-9-4-3-8-18(19)14-27/h3-13H,2,15-16H2,1H3/b23-13+. The fraction of sp³-hybridized carbons (Fsp3) is 0.154. The molecule has 1 aliphatic rings. The molecule has 3 aromatic carbocycles. The van der Waals surface area contributed by atoms with E-state index in [-0.39, 0.29) is 18.1 Å². The van der Waals surface area contributed by atoms with Gasteiger partial charge in [-0.2, -0.15) is 5.26 Å². The number of ether oxygens (including phenoxy) is 2. The first-order chi connectivity index (χ1) is 16.5. The molecule has 0 N–H and O–H groups in total. The number of hydrogen-bond donors (Lipinski definition) is 0. The number of thioether (sulfide) groups is 1. The van der Waals surface area contributed by atoms with Gasteiger partial charge in [0.1, 0.15) is 18.9 Å². The van der Waals surface area contributed by atoms with Gasteiger partial charge in [-0.15, -0.1) is 0 Å². The van der Waals surface area contributed by atoms with Gasteiger partial charge in [0.2, 0.25) is 0 Å². The van der Waals surface area contributed by atoms with Crippen LogP contribution < -0.4 is 4.74 Å². The Kier molecular flexibility index (Phi) is 6.95. The van der Waals surface area contributed by atoms with E-state index in [9.17, 15) is 19.6 Å². The highest BCUT2D eigenvalue weighted by atomic mass is 32.2. The lowest BCUT2D eigenvalue weighted by molar-refractivity contribution is -0.145. The number of nitriles is 1. The van der Waals surface area contributed by atoms with Gasteiger partial charge in [0.25, 0.3) is 11.1 Å².